The molecule has 0 spiro atoms. The maximum absolute atomic E-state index is 12.8. The van der Waals surface area contributed by atoms with E-state index in [1.165, 1.54) is 37.8 Å². The fraction of sp³-hybridized carbons (Fsp3) is 0.562. The Morgan fingerprint density at radius 2 is 1.89 bits per heavy atom. The predicted molar refractivity (Wildman–Crippen MR) is 74.8 cm³/mol. The Balaban J connectivity index is 1.96. The maximum Gasteiger partial charge on any atom is 0.176 e. The number of carbonyl (C=O) groups excluding carboxylic acids is 1. The van der Waals surface area contributed by atoms with Crippen LogP contribution in [-0.2, 0) is 0 Å². The highest BCUT2D eigenvalue weighted by Gasteiger charge is 2.26. The lowest BCUT2D eigenvalue weighted by Crippen LogP contribution is -2.41. The SMILES string of the molecule is CC1CCCCC1N(C)CC(=O)c1ccc(F)cc1. The molecule has 19 heavy (non-hydrogen) atoms. The summed E-state index contributed by atoms with van der Waals surface area (Å²) in [7, 11) is 2.02. The number of halogens is 1. The molecule has 3 heteroatoms. The number of rotatable bonds is 4. The minimum absolute atomic E-state index is 0.0697. The van der Waals surface area contributed by atoms with Crippen molar-refractivity contribution in [3.8, 4) is 0 Å². The molecule has 1 saturated carbocycles. The molecular weight excluding hydrogens is 241 g/mol. The number of nitrogens with zero attached hydrogens (tertiary/aromatic N) is 1. The molecule has 0 heterocycles. The van der Waals surface area contributed by atoms with E-state index in [1.54, 1.807) is 12.1 Å². The van der Waals surface area contributed by atoms with Gasteiger partial charge in [-0.15, -0.1) is 0 Å². The minimum Gasteiger partial charge on any atom is -0.296 e. The van der Waals surface area contributed by atoms with Gasteiger partial charge < -0.3 is 0 Å². The third-order valence-electron chi connectivity index (χ3n) is 4.19. The van der Waals surface area contributed by atoms with Gasteiger partial charge in [0.2, 0.25) is 0 Å². The lowest BCUT2D eigenvalue weighted by Gasteiger charge is -2.35. The Morgan fingerprint density at radius 3 is 2.53 bits per heavy atom. The highest BCUT2D eigenvalue weighted by atomic mass is 19.1. The van der Waals surface area contributed by atoms with Gasteiger partial charge in [-0.1, -0.05) is 19.8 Å². The number of carbonyl (C=O) groups is 1. The zero-order valence-electron chi connectivity index (χ0n) is 11.7. The van der Waals surface area contributed by atoms with Gasteiger partial charge in [-0.25, -0.2) is 4.39 Å². The first-order chi connectivity index (χ1) is 9.08. The molecule has 1 aromatic rings. The summed E-state index contributed by atoms with van der Waals surface area (Å²) in [5, 5.41) is 0. The van der Waals surface area contributed by atoms with Gasteiger partial charge >= 0.3 is 0 Å². The smallest absolute Gasteiger partial charge is 0.176 e. The van der Waals surface area contributed by atoms with Crippen LogP contribution in [0.3, 0.4) is 0 Å². The molecule has 1 aliphatic carbocycles. The Kier molecular flexibility index (Phi) is 4.70. The fourth-order valence-electron chi connectivity index (χ4n) is 3.02. The van der Waals surface area contributed by atoms with Crippen LogP contribution in [0.2, 0.25) is 0 Å². The zero-order valence-corrected chi connectivity index (χ0v) is 11.7. The summed E-state index contributed by atoms with van der Waals surface area (Å²) in [6.07, 6.45) is 4.98. The van der Waals surface area contributed by atoms with E-state index in [0.29, 0.717) is 24.1 Å². The number of likely N-dealkylation sites (N-methyl/N-ethyl adjacent to an activating group) is 1. The van der Waals surface area contributed by atoms with Gasteiger partial charge in [0.05, 0.1) is 6.54 Å². The second-order valence-electron chi connectivity index (χ2n) is 5.67. The Morgan fingerprint density at radius 1 is 1.26 bits per heavy atom. The summed E-state index contributed by atoms with van der Waals surface area (Å²) in [5.74, 6) is 0.422. The van der Waals surface area contributed by atoms with E-state index < -0.39 is 0 Å². The Hall–Kier alpha value is -1.22. The third kappa shape index (κ3) is 3.63. The molecule has 2 rings (SSSR count). The molecule has 0 aliphatic heterocycles. The van der Waals surface area contributed by atoms with E-state index in [9.17, 15) is 9.18 Å². The van der Waals surface area contributed by atoms with Crippen LogP contribution in [0.25, 0.3) is 0 Å². The second kappa shape index (κ2) is 6.29. The lowest BCUT2D eigenvalue weighted by molar-refractivity contribution is 0.0851. The van der Waals surface area contributed by atoms with Crippen molar-refractivity contribution in [1.29, 1.82) is 0 Å². The zero-order chi connectivity index (χ0) is 13.8. The minimum atomic E-state index is -0.300. The first-order valence-corrected chi connectivity index (χ1v) is 7.07. The van der Waals surface area contributed by atoms with E-state index in [1.807, 2.05) is 7.05 Å². The summed E-state index contributed by atoms with van der Waals surface area (Å²) < 4.78 is 12.8. The highest BCUT2D eigenvalue weighted by Crippen LogP contribution is 2.27. The molecule has 2 atom stereocenters. The van der Waals surface area contributed by atoms with Crippen molar-refractivity contribution >= 4 is 5.78 Å². The van der Waals surface area contributed by atoms with Crippen LogP contribution in [0.1, 0.15) is 43.0 Å². The van der Waals surface area contributed by atoms with E-state index >= 15 is 0 Å². The van der Waals surface area contributed by atoms with Gasteiger partial charge in [-0.05, 0) is 50.1 Å². The first-order valence-electron chi connectivity index (χ1n) is 7.07. The molecular formula is C16H22FNO. The molecule has 1 aromatic carbocycles. The van der Waals surface area contributed by atoms with Crippen LogP contribution in [0.4, 0.5) is 4.39 Å². The molecule has 0 N–H and O–H groups in total. The van der Waals surface area contributed by atoms with Gasteiger partial charge in [-0.3, -0.25) is 9.69 Å². The van der Waals surface area contributed by atoms with Crippen molar-refractivity contribution in [1.82, 2.24) is 4.90 Å². The molecule has 0 radical (unpaired) electrons. The van der Waals surface area contributed by atoms with E-state index in [4.69, 9.17) is 0 Å². The molecule has 0 amide bonds. The molecule has 2 unspecified atom stereocenters. The lowest BCUT2D eigenvalue weighted by atomic mass is 9.85. The molecule has 0 saturated heterocycles. The van der Waals surface area contributed by atoms with Crippen molar-refractivity contribution in [2.24, 2.45) is 5.92 Å². The Bertz CT molecular complexity index is 429. The topological polar surface area (TPSA) is 20.3 Å². The number of hydrogen-bond donors (Lipinski definition) is 0. The van der Waals surface area contributed by atoms with E-state index in [0.717, 1.165) is 0 Å². The van der Waals surface area contributed by atoms with Crippen molar-refractivity contribution < 1.29 is 9.18 Å². The van der Waals surface area contributed by atoms with Crippen LogP contribution in [0.5, 0.6) is 0 Å². The van der Waals surface area contributed by atoms with Crippen LogP contribution in [-0.4, -0.2) is 30.3 Å². The summed E-state index contributed by atoms with van der Waals surface area (Å²) in [6.45, 7) is 2.68. The van der Waals surface area contributed by atoms with E-state index in [-0.39, 0.29) is 11.6 Å². The van der Waals surface area contributed by atoms with Crippen LogP contribution < -0.4 is 0 Å². The highest BCUT2D eigenvalue weighted by molar-refractivity contribution is 5.97. The number of ketones is 1. The van der Waals surface area contributed by atoms with Crippen molar-refractivity contribution in [2.45, 2.75) is 38.6 Å². The van der Waals surface area contributed by atoms with Gasteiger partial charge in [0.1, 0.15) is 5.82 Å². The number of benzene rings is 1. The average Bonchev–Trinajstić information content (AvgIpc) is 2.39. The second-order valence-corrected chi connectivity index (χ2v) is 5.67. The third-order valence-corrected chi connectivity index (χ3v) is 4.19. The summed E-state index contributed by atoms with van der Waals surface area (Å²) in [6, 6.07) is 6.32. The average molecular weight is 263 g/mol. The molecule has 1 aliphatic rings. The predicted octanol–water partition coefficient (Wildman–Crippen LogP) is 3.52. The van der Waals surface area contributed by atoms with Gasteiger partial charge in [0.15, 0.2) is 5.78 Å². The largest absolute Gasteiger partial charge is 0.296 e. The molecule has 0 aromatic heterocycles. The van der Waals surface area contributed by atoms with Crippen LogP contribution >= 0.6 is 0 Å². The first kappa shape index (κ1) is 14.2. The Labute approximate surface area is 114 Å². The normalized spacial score (nSPS) is 23.6. The monoisotopic (exact) mass is 263 g/mol. The van der Waals surface area contributed by atoms with Gasteiger partial charge in [-0.2, -0.15) is 0 Å². The number of Topliss-reactive ketones (excluding diaryl/α,β-unsaturated/α-hetero) is 1. The molecule has 0 bridgehead atoms. The number of hydrogen-bond acceptors (Lipinski definition) is 2. The van der Waals surface area contributed by atoms with Gasteiger partial charge in [0.25, 0.3) is 0 Å². The standard InChI is InChI=1S/C16H22FNO/c1-12-5-3-4-6-15(12)18(2)11-16(19)13-7-9-14(17)10-8-13/h7-10,12,15H,3-6,11H2,1-2H3. The molecule has 104 valence electrons. The van der Waals surface area contributed by atoms with Crippen molar-refractivity contribution in [3.05, 3.63) is 35.6 Å². The molecule has 1 fully saturated rings. The molecule has 2 nitrogen and oxygen atoms in total. The van der Waals surface area contributed by atoms with Crippen molar-refractivity contribution in [3.63, 3.8) is 0 Å². The van der Waals surface area contributed by atoms with E-state index in [2.05, 4.69) is 11.8 Å². The summed E-state index contributed by atoms with van der Waals surface area (Å²) >= 11 is 0. The fourth-order valence-corrected chi connectivity index (χ4v) is 3.02. The maximum atomic E-state index is 12.8. The van der Waals surface area contributed by atoms with Crippen LogP contribution in [0, 0.1) is 11.7 Å². The summed E-state index contributed by atoms with van der Waals surface area (Å²) in [4.78, 5) is 14.3. The summed E-state index contributed by atoms with van der Waals surface area (Å²) in [5.41, 5.74) is 0.594. The van der Waals surface area contributed by atoms with Crippen LogP contribution in [0.15, 0.2) is 24.3 Å². The quantitative estimate of drug-likeness (QED) is 0.775. The van der Waals surface area contributed by atoms with Gasteiger partial charge in [0, 0.05) is 11.6 Å². The van der Waals surface area contributed by atoms with Crippen molar-refractivity contribution in [2.75, 3.05) is 13.6 Å².